The van der Waals surface area contributed by atoms with Crippen LogP contribution < -0.4 is 0 Å². The molecule has 0 aliphatic rings. The molecule has 0 saturated heterocycles. The highest BCUT2D eigenvalue weighted by Crippen LogP contribution is 2.30. The standard InChI is InChI=1S/C16H10N2/c1-5-13-6-2-11(1)9-15(13)17-18-16-10-12-3-7-14(16)8-4-12/h1-10H. The van der Waals surface area contributed by atoms with Gasteiger partial charge in [-0.05, 0) is 22.9 Å². The predicted molar refractivity (Wildman–Crippen MR) is 74.4 cm³/mol. The summed E-state index contributed by atoms with van der Waals surface area (Å²) >= 11 is 0. The summed E-state index contributed by atoms with van der Waals surface area (Å²) in [4.78, 5) is 0. The zero-order valence-corrected chi connectivity index (χ0v) is 9.67. The minimum atomic E-state index is 0.941. The third-order valence-electron chi connectivity index (χ3n) is 3.29. The fraction of sp³-hybridized carbons (Fsp3) is 0. The highest BCUT2D eigenvalue weighted by molar-refractivity contribution is 5.84. The van der Waals surface area contributed by atoms with Crippen molar-refractivity contribution in [3.05, 3.63) is 60.7 Å². The van der Waals surface area contributed by atoms with Crippen LogP contribution in [0.5, 0.6) is 0 Å². The van der Waals surface area contributed by atoms with E-state index >= 15 is 0 Å². The second kappa shape index (κ2) is 3.50. The van der Waals surface area contributed by atoms with Crippen molar-refractivity contribution in [3.63, 3.8) is 0 Å². The Kier molecular flexibility index (Phi) is 1.86. The summed E-state index contributed by atoms with van der Waals surface area (Å²) in [5.41, 5.74) is 1.88. The number of azo groups is 1. The predicted octanol–water partition coefficient (Wildman–Crippen LogP) is 5.28. The van der Waals surface area contributed by atoms with Crippen molar-refractivity contribution in [1.82, 2.24) is 0 Å². The van der Waals surface area contributed by atoms with Crippen LogP contribution >= 0.6 is 0 Å². The fourth-order valence-corrected chi connectivity index (χ4v) is 2.26. The quantitative estimate of drug-likeness (QED) is 0.418. The average molecular weight is 230 g/mol. The van der Waals surface area contributed by atoms with Gasteiger partial charge in [-0.3, -0.25) is 0 Å². The van der Waals surface area contributed by atoms with Crippen molar-refractivity contribution in [3.8, 4) is 0 Å². The van der Waals surface area contributed by atoms with Crippen molar-refractivity contribution in [2.75, 3.05) is 0 Å². The first-order valence-electron chi connectivity index (χ1n) is 5.94. The molecule has 0 aromatic heterocycles. The molecule has 4 bridgehead atoms. The maximum atomic E-state index is 4.36. The van der Waals surface area contributed by atoms with E-state index in [1.807, 2.05) is 0 Å². The van der Waals surface area contributed by atoms with Crippen LogP contribution in [0.3, 0.4) is 0 Å². The molecule has 6 aromatic rings. The highest BCUT2D eigenvalue weighted by atomic mass is 15.1. The van der Waals surface area contributed by atoms with Crippen molar-refractivity contribution >= 4 is 32.9 Å². The normalized spacial score (nSPS) is 12.2. The van der Waals surface area contributed by atoms with Gasteiger partial charge in [-0.15, -0.1) is 10.2 Å². The highest BCUT2D eigenvalue weighted by Gasteiger charge is 2.01. The summed E-state index contributed by atoms with van der Waals surface area (Å²) in [7, 11) is 0. The van der Waals surface area contributed by atoms with E-state index in [9.17, 15) is 0 Å². The van der Waals surface area contributed by atoms with Gasteiger partial charge < -0.3 is 0 Å². The molecule has 84 valence electrons. The van der Waals surface area contributed by atoms with Gasteiger partial charge in [-0.1, -0.05) is 48.5 Å². The van der Waals surface area contributed by atoms with Crippen LogP contribution in [0.25, 0.3) is 21.5 Å². The molecule has 0 amide bonds. The van der Waals surface area contributed by atoms with Crippen molar-refractivity contribution in [2.45, 2.75) is 0 Å². The Hall–Kier alpha value is -2.48. The topological polar surface area (TPSA) is 24.7 Å². The van der Waals surface area contributed by atoms with Crippen LogP contribution in [0.4, 0.5) is 11.4 Å². The van der Waals surface area contributed by atoms with Crippen LogP contribution in [0.15, 0.2) is 70.9 Å². The lowest BCUT2D eigenvalue weighted by atomic mass is 10.1. The van der Waals surface area contributed by atoms with Crippen molar-refractivity contribution < 1.29 is 0 Å². The summed E-state index contributed by atoms with van der Waals surface area (Å²) in [5, 5.41) is 13.3. The SMILES string of the molecule is c1cc2ccc1cc2N=Nc1cc2ccc1cc2. The summed E-state index contributed by atoms with van der Waals surface area (Å²) in [6.45, 7) is 0. The molecule has 0 heterocycles. The molecule has 0 atom stereocenters. The zero-order valence-electron chi connectivity index (χ0n) is 9.67. The molecule has 2 heteroatoms. The molecule has 2 nitrogen and oxygen atoms in total. The molecule has 18 heavy (non-hydrogen) atoms. The zero-order chi connectivity index (χ0) is 11.9. The molecule has 0 fully saturated rings. The first-order chi connectivity index (χ1) is 8.88. The number of rotatable bonds is 2. The van der Waals surface area contributed by atoms with Gasteiger partial charge in [-0.2, -0.15) is 0 Å². The lowest BCUT2D eigenvalue weighted by Crippen LogP contribution is -1.75. The Bertz CT molecular complexity index is 721. The number of hydrogen-bond acceptors (Lipinski definition) is 2. The molecule has 0 N–H and O–H groups in total. The molecule has 0 unspecified atom stereocenters. The summed E-state index contributed by atoms with van der Waals surface area (Å²) in [6, 6.07) is 20.8. The van der Waals surface area contributed by atoms with E-state index < -0.39 is 0 Å². The molecule has 0 aliphatic heterocycles. The molecule has 0 aliphatic carbocycles. The van der Waals surface area contributed by atoms with Crippen LogP contribution in [-0.2, 0) is 0 Å². The minimum Gasteiger partial charge on any atom is -0.150 e. The molecular weight excluding hydrogens is 220 g/mol. The third kappa shape index (κ3) is 1.43. The van der Waals surface area contributed by atoms with Gasteiger partial charge in [0.2, 0.25) is 0 Å². The van der Waals surface area contributed by atoms with Gasteiger partial charge in [0.15, 0.2) is 0 Å². The molecule has 0 saturated carbocycles. The second-order valence-corrected chi connectivity index (χ2v) is 4.50. The van der Waals surface area contributed by atoms with Gasteiger partial charge in [-0.25, -0.2) is 0 Å². The van der Waals surface area contributed by atoms with Crippen LogP contribution in [0.2, 0.25) is 0 Å². The van der Waals surface area contributed by atoms with Gasteiger partial charge in [0.25, 0.3) is 0 Å². The number of fused-ring (bicyclic) bond motifs is 6. The van der Waals surface area contributed by atoms with Crippen LogP contribution in [0, 0.1) is 0 Å². The Morgan fingerprint density at radius 2 is 0.889 bits per heavy atom. The Balaban J connectivity index is 1.78. The lowest BCUT2D eigenvalue weighted by molar-refractivity contribution is 1.25. The molecule has 0 spiro atoms. The first-order valence-corrected chi connectivity index (χ1v) is 5.94. The maximum absolute atomic E-state index is 4.36. The summed E-state index contributed by atoms with van der Waals surface area (Å²) in [6.07, 6.45) is 0. The van der Waals surface area contributed by atoms with E-state index in [1.54, 1.807) is 0 Å². The first kappa shape index (κ1) is 9.54. The van der Waals surface area contributed by atoms with Gasteiger partial charge in [0.05, 0.1) is 11.4 Å². The van der Waals surface area contributed by atoms with E-state index in [0.29, 0.717) is 0 Å². The van der Waals surface area contributed by atoms with E-state index in [1.165, 1.54) is 10.8 Å². The molecular formula is C16H10N2. The number of nitrogens with zero attached hydrogens (tertiary/aromatic N) is 2. The molecule has 6 rings (SSSR count). The number of benzene rings is 6. The number of hydrogen-bond donors (Lipinski definition) is 0. The van der Waals surface area contributed by atoms with E-state index in [2.05, 4.69) is 70.9 Å². The van der Waals surface area contributed by atoms with Crippen molar-refractivity contribution in [1.29, 1.82) is 0 Å². The van der Waals surface area contributed by atoms with E-state index in [-0.39, 0.29) is 0 Å². The minimum absolute atomic E-state index is 0.941. The second-order valence-electron chi connectivity index (χ2n) is 4.50. The van der Waals surface area contributed by atoms with Gasteiger partial charge in [0.1, 0.15) is 0 Å². The van der Waals surface area contributed by atoms with Crippen LogP contribution in [0.1, 0.15) is 0 Å². The maximum Gasteiger partial charge on any atom is 0.0935 e. The van der Waals surface area contributed by atoms with Crippen LogP contribution in [-0.4, -0.2) is 0 Å². The molecule has 0 radical (unpaired) electrons. The smallest absolute Gasteiger partial charge is 0.0935 e. The largest absolute Gasteiger partial charge is 0.150 e. The average Bonchev–Trinajstić information content (AvgIpc) is 2.48. The van der Waals surface area contributed by atoms with Gasteiger partial charge >= 0.3 is 0 Å². The Morgan fingerprint density at radius 1 is 0.500 bits per heavy atom. The fourth-order valence-electron chi connectivity index (χ4n) is 2.26. The summed E-state index contributed by atoms with van der Waals surface area (Å²) < 4.78 is 0. The molecule has 6 aromatic carbocycles. The van der Waals surface area contributed by atoms with E-state index in [0.717, 1.165) is 22.1 Å². The summed E-state index contributed by atoms with van der Waals surface area (Å²) in [5.74, 6) is 0. The third-order valence-corrected chi connectivity index (χ3v) is 3.29. The van der Waals surface area contributed by atoms with Crippen molar-refractivity contribution in [2.24, 2.45) is 10.2 Å². The monoisotopic (exact) mass is 230 g/mol. The van der Waals surface area contributed by atoms with Gasteiger partial charge in [0, 0.05) is 10.8 Å². The Morgan fingerprint density at radius 3 is 1.17 bits per heavy atom. The Labute approximate surface area is 104 Å². The lowest BCUT2D eigenvalue weighted by Gasteiger charge is -2.03. The van der Waals surface area contributed by atoms with E-state index in [4.69, 9.17) is 0 Å².